The van der Waals surface area contributed by atoms with Gasteiger partial charge in [-0.25, -0.2) is 8.91 Å². The smallest absolute Gasteiger partial charge is 0.248 e. The molecule has 0 bridgehead atoms. The van der Waals surface area contributed by atoms with Gasteiger partial charge in [0.25, 0.3) is 0 Å². The van der Waals surface area contributed by atoms with Crippen molar-refractivity contribution in [3.63, 3.8) is 0 Å². The van der Waals surface area contributed by atoms with E-state index in [1.807, 2.05) is 0 Å². The Labute approximate surface area is 140 Å². The van der Waals surface area contributed by atoms with Crippen LogP contribution in [0.4, 0.5) is 4.39 Å². The molecule has 124 valence electrons. The Balaban J connectivity index is 1.79. The fourth-order valence-corrected chi connectivity index (χ4v) is 2.49. The number of aromatic nitrogens is 4. The number of carbonyl (C=O) groups excluding carboxylic acids is 1. The third kappa shape index (κ3) is 2.69. The summed E-state index contributed by atoms with van der Waals surface area (Å²) in [6.07, 6.45) is 5.11. The van der Waals surface area contributed by atoms with Crippen LogP contribution in [0.15, 0.2) is 55.0 Å². The van der Waals surface area contributed by atoms with Crippen LogP contribution in [0.3, 0.4) is 0 Å². The number of fused-ring (bicyclic) bond motifs is 1. The van der Waals surface area contributed by atoms with Crippen LogP contribution in [-0.2, 0) is 0 Å². The lowest BCUT2D eigenvalue weighted by Gasteiger charge is -2.10. The Kier molecular flexibility index (Phi) is 3.42. The Hall–Kier alpha value is -3.68. The topological polar surface area (TPSA) is 98.3 Å². The second-order valence-electron chi connectivity index (χ2n) is 5.33. The van der Waals surface area contributed by atoms with Crippen LogP contribution in [0.2, 0.25) is 0 Å². The molecule has 4 aromatic rings. The normalized spacial score (nSPS) is 10.9. The summed E-state index contributed by atoms with van der Waals surface area (Å²) in [6.45, 7) is 0. The highest BCUT2D eigenvalue weighted by Gasteiger charge is 2.13. The summed E-state index contributed by atoms with van der Waals surface area (Å²) in [5.41, 5.74) is 7.34. The van der Waals surface area contributed by atoms with E-state index in [4.69, 9.17) is 10.5 Å². The van der Waals surface area contributed by atoms with Crippen LogP contribution in [0, 0.1) is 5.82 Å². The van der Waals surface area contributed by atoms with E-state index in [1.165, 1.54) is 12.1 Å². The molecule has 3 heterocycles. The highest BCUT2D eigenvalue weighted by Crippen LogP contribution is 2.32. The minimum absolute atomic E-state index is 0.0210. The van der Waals surface area contributed by atoms with Crippen LogP contribution in [0.1, 0.15) is 10.4 Å². The zero-order chi connectivity index (χ0) is 17.4. The lowest BCUT2D eigenvalue weighted by atomic mass is 10.2. The van der Waals surface area contributed by atoms with Crippen molar-refractivity contribution < 1.29 is 13.9 Å². The van der Waals surface area contributed by atoms with Gasteiger partial charge in [-0.3, -0.25) is 9.89 Å². The zero-order valence-corrected chi connectivity index (χ0v) is 12.8. The third-order valence-electron chi connectivity index (χ3n) is 3.70. The van der Waals surface area contributed by atoms with E-state index in [0.717, 1.165) is 11.6 Å². The maximum atomic E-state index is 14.2. The fourth-order valence-electron chi connectivity index (χ4n) is 2.49. The van der Waals surface area contributed by atoms with Gasteiger partial charge in [0.05, 0.1) is 11.9 Å². The number of hydrogen-bond acceptors (Lipinski definition) is 4. The molecule has 0 radical (unpaired) electrons. The number of pyridine rings is 1. The molecule has 0 atom stereocenters. The van der Waals surface area contributed by atoms with Crippen molar-refractivity contribution in [2.75, 3.05) is 0 Å². The second kappa shape index (κ2) is 5.75. The number of hydrogen-bond donors (Lipinski definition) is 2. The average molecular weight is 337 g/mol. The van der Waals surface area contributed by atoms with E-state index in [0.29, 0.717) is 17.0 Å². The van der Waals surface area contributed by atoms with Crippen LogP contribution in [-0.4, -0.2) is 25.7 Å². The third-order valence-corrected chi connectivity index (χ3v) is 3.70. The largest absolute Gasteiger partial charge is 0.452 e. The molecule has 0 saturated carbocycles. The molecule has 0 aliphatic rings. The van der Waals surface area contributed by atoms with Gasteiger partial charge < -0.3 is 10.5 Å². The van der Waals surface area contributed by atoms with Gasteiger partial charge in [0.1, 0.15) is 5.52 Å². The van der Waals surface area contributed by atoms with Crippen molar-refractivity contribution in [2.24, 2.45) is 5.73 Å². The molecule has 0 aliphatic heterocycles. The Morgan fingerprint density at radius 1 is 1.20 bits per heavy atom. The molecular weight excluding hydrogens is 325 g/mol. The summed E-state index contributed by atoms with van der Waals surface area (Å²) in [4.78, 5) is 11.1. The van der Waals surface area contributed by atoms with Gasteiger partial charge in [-0.05, 0) is 36.4 Å². The Morgan fingerprint density at radius 2 is 2.08 bits per heavy atom. The van der Waals surface area contributed by atoms with E-state index in [1.54, 1.807) is 41.3 Å². The summed E-state index contributed by atoms with van der Waals surface area (Å²) in [5, 5.41) is 11.1. The molecule has 0 aliphatic carbocycles. The maximum Gasteiger partial charge on any atom is 0.248 e. The second-order valence-corrected chi connectivity index (χ2v) is 5.33. The number of nitrogens with one attached hydrogen (secondary N) is 1. The summed E-state index contributed by atoms with van der Waals surface area (Å²) < 4.78 is 21.6. The number of primary amides is 1. The molecule has 0 unspecified atom stereocenters. The number of benzene rings is 1. The van der Waals surface area contributed by atoms with Gasteiger partial charge in [-0.2, -0.15) is 10.2 Å². The summed E-state index contributed by atoms with van der Waals surface area (Å²) in [6, 6.07) is 9.11. The number of H-pyrrole nitrogens is 1. The Morgan fingerprint density at radius 3 is 2.80 bits per heavy atom. The first-order valence-electron chi connectivity index (χ1n) is 7.36. The fraction of sp³-hybridized carbons (Fsp3) is 0. The summed E-state index contributed by atoms with van der Waals surface area (Å²) >= 11 is 0. The molecule has 1 aromatic carbocycles. The molecule has 0 spiro atoms. The molecular formula is C17H12FN5O2. The first kappa shape index (κ1) is 14.9. The first-order chi connectivity index (χ1) is 12.1. The number of halogens is 1. The van der Waals surface area contributed by atoms with Crippen LogP contribution in [0.25, 0.3) is 16.8 Å². The molecule has 4 rings (SSSR count). The van der Waals surface area contributed by atoms with Gasteiger partial charge in [0.15, 0.2) is 17.3 Å². The maximum absolute atomic E-state index is 14.2. The number of carbonyl (C=O) groups is 1. The summed E-state index contributed by atoms with van der Waals surface area (Å²) in [7, 11) is 0. The van der Waals surface area contributed by atoms with Crippen molar-refractivity contribution in [3.05, 3.63) is 66.4 Å². The van der Waals surface area contributed by atoms with Crippen molar-refractivity contribution >= 4 is 11.4 Å². The van der Waals surface area contributed by atoms with E-state index in [2.05, 4.69) is 15.3 Å². The molecule has 0 saturated heterocycles. The number of amides is 1. The van der Waals surface area contributed by atoms with Crippen molar-refractivity contribution in [1.82, 2.24) is 19.8 Å². The van der Waals surface area contributed by atoms with E-state index in [-0.39, 0.29) is 11.3 Å². The molecule has 25 heavy (non-hydrogen) atoms. The molecule has 3 N–H and O–H groups in total. The van der Waals surface area contributed by atoms with Gasteiger partial charge >= 0.3 is 0 Å². The zero-order valence-electron chi connectivity index (χ0n) is 12.8. The molecule has 0 fully saturated rings. The van der Waals surface area contributed by atoms with Crippen LogP contribution < -0.4 is 10.5 Å². The molecule has 8 heteroatoms. The Bertz CT molecular complexity index is 1070. The first-order valence-corrected chi connectivity index (χ1v) is 7.36. The monoisotopic (exact) mass is 337 g/mol. The minimum Gasteiger partial charge on any atom is -0.452 e. The number of aromatic amines is 1. The lowest BCUT2D eigenvalue weighted by molar-refractivity contribution is 0.1000. The highest BCUT2D eigenvalue weighted by atomic mass is 19.1. The quantitative estimate of drug-likeness (QED) is 0.598. The standard InChI is InChI=1S/C17H12FN5O2/c18-12-7-10(17(19)24)1-2-15(12)25-16-8-11(13-3-5-20-22-13)9-23-14(16)4-6-21-23/h1-9H,(H2,19,24)(H,20,22). The molecule has 3 aromatic heterocycles. The minimum atomic E-state index is -0.704. The van der Waals surface area contributed by atoms with Gasteiger partial charge in [-0.1, -0.05) is 0 Å². The average Bonchev–Trinajstić information content (AvgIpc) is 3.27. The lowest BCUT2D eigenvalue weighted by Crippen LogP contribution is -2.11. The van der Waals surface area contributed by atoms with Crippen LogP contribution >= 0.6 is 0 Å². The van der Waals surface area contributed by atoms with Crippen LogP contribution in [0.5, 0.6) is 11.5 Å². The number of ether oxygens (including phenoxy) is 1. The van der Waals surface area contributed by atoms with Crippen molar-refractivity contribution in [2.45, 2.75) is 0 Å². The SMILES string of the molecule is NC(=O)c1ccc(Oc2cc(-c3cc[nH]n3)cn3nccc23)c(F)c1. The predicted octanol–water partition coefficient (Wildman–Crippen LogP) is 2.75. The molecule has 1 amide bonds. The van der Waals surface area contributed by atoms with E-state index < -0.39 is 11.7 Å². The van der Waals surface area contributed by atoms with Gasteiger partial charge in [0.2, 0.25) is 5.91 Å². The number of nitrogens with zero attached hydrogens (tertiary/aromatic N) is 3. The summed E-state index contributed by atoms with van der Waals surface area (Å²) in [5.74, 6) is -1.00. The highest BCUT2D eigenvalue weighted by molar-refractivity contribution is 5.92. The van der Waals surface area contributed by atoms with E-state index in [9.17, 15) is 9.18 Å². The predicted molar refractivity (Wildman–Crippen MR) is 87.8 cm³/mol. The van der Waals surface area contributed by atoms with Crippen molar-refractivity contribution in [3.8, 4) is 22.8 Å². The molecule has 7 nitrogen and oxygen atoms in total. The van der Waals surface area contributed by atoms with Gasteiger partial charge in [-0.15, -0.1) is 0 Å². The number of nitrogens with two attached hydrogens (primary N) is 1. The van der Waals surface area contributed by atoms with Gasteiger partial charge in [0, 0.05) is 23.5 Å². The van der Waals surface area contributed by atoms with Crippen molar-refractivity contribution in [1.29, 1.82) is 0 Å². The van der Waals surface area contributed by atoms with E-state index >= 15 is 0 Å². The number of rotatable bonds is 4.